The van der Waals surface area contributed by atoms with Gasteiger partial charge in [0.05, 0.1) is 29.0 Å². The van der Waals surface area contributed by atoms with Crippen LogP contribution in [-0.2, 0) is 22.6 Å². The smallest absolute Gasteiger partial charge is 0.257 e. The number of aliphatic hydroxyl groups is 1. The van der Waals surface area contributed by atoms with E-state index >= 15 is 0 Å². The molecule has 1 aromatic heterocycles. The van der Waals surface area contributed by atoms with Crippen molar-refractivity contribution >= 4 is 39.2 Å². The summed E-state index contributed by atoms with van der Waals surface area (Å²) in [4.78, 5) is 17.2. The van der Waals surface area contributed by atoms with Gasteiger partial charge in [-0.05, 0) is 46.0 Å². The summed E-state index contributed by atoms with van der Waals surface area (Å²) in [6.07, 6.45) is -0.466. The molecule has 266 valence electrons. The van der Waals surface area contributed by atoms with Crippen LogP contribution in [0.5, 0.6) is 0 Å². The van der Waals surface area contributed by atoms with Crippen molar-refractivity contribution in [3.63, 3.8) is 0 Å². The Morgan fingerprint density at radius 3 is 2.19 bits per heavy atom. The molecule has 1 aliphatic rings. The van der Waals surface area contributed by atoms with E-state index in [0.717, 1.165) is 42.4 Å². The molecule has 6 aromatic rings. The average Bonchev–Trinajstić information content (AvgIpc) is 3.61. The van der Waals surface area contributed by atoms with E-state index in [-0.39, 0.29) is 25.4 Å². The van der Waals surface area contributed by atoms with E-state index in [1.165, 1.54) is 0 Å². The van der Waals surface area contributed by atoms with E-state index in [1.807, 2.05) is 72.8 Å². The molecule has 5 aromatic carbocycles. The van der Waals surface area contributed by atoms with E-state index in [9.17, 15) is 31.9 Å². The fourth-order valence-electron chi connectivity index (χ4n) is 5.87. The highest BCUT2D eigenvalue weighted by Crippen LogP contribution is 2.40. The summed E-state index contributed by atoms with van der Waals surface area (Å²) >= 11 is 3.29. The summed E-state index contributed by atoms with van der Waals surface area (Å²) in [6.45, 7) is -0.285. The summed E-state index contributed by atoms with van der Waals surface area (Å²) in [6, 6.07) is 30.2. The number of nitrogens with one attached hydrogen (secondary N) is 1. The number of ether oxygens (including phenoxy) is 2. The van der Waals surface area contributed by atoms with Crippen molar-refractivity contribution in [2.45, 2.75) is 42.4 Å². The minimum absolute atomic E-state index is 0.0543. The van der Waals surface area contributed by atoms with Crippen LogP contribution in [0.15, 0.2) is 101 Å². The minimum atomic E-state index is -2.33. The number of carbonyl (C=O) groups excluding carboxylic acids is 1. The highest BCUT2D eigenvalue weighted by Gasteiger charge is 2.33. The Morgan fingerprint density at radius 1 is 0.788 bits per heavy atom. The predicted octanol–water partition coefficient (Wildman–Crippen LogP) is 9.42. The first kappa shape index (κ1) is 35.7. The second-order valence-corrected chi connectivity index (χ2v) is 14.4. The van der Waals surface area contributed by atoms with Gasteiger partial charge < -0.3 is 19.9 Å². The number of benzene rings is 5. The molecular weight excluding hydrogens is 720 g/mol. The van der Waals surface area contributed by atoms with Crippen LogP contribution in [0.2, 0.25) is 0 Å². The van der Waals surface area contributed by atoms with Crippen molar-refractivity contribution < 1.29 is 41.3 Å². The first-order valence-electron chi connectivity index (χ1n) is 16.2. The predicted molar refractivity (Wildman–Crippen MR) is 188 cm³/mol. The van der Waals surface area contributed by atoms with Crippen LogP contribution in [0.25, 0.3) is 21.3 Å². The molecule has 0 saturated carbocycles. The zero-order chi connectivity index (χ0) is 36.4. The SMILES string of the molecule is O=C(NCc1cccc(-c2ccc([C@H]3O[C@@H](CSc4nc5ccccc5s4)C[C@@H](c4ccc(CO)cc4)O3)cc2)c1)c1c(F)c(F)c(F)c(F)c1F. The number of halogens is 5. The standard InChI is InChI=1S/C39H29F5N2O4S2/c40-32-31(33(41)35(43)36(44)34(32)42)37(48)45-18-22-4-3-5-26(16-22)23-12-14-25(15-13-23)38-49-27(17-29(50-38)24-10-8-21(19-47)9-11-24)20-51-39-46-28-6-1-2-7-30(28)52-39/h1-16,27,29,38,47H,17-20H2,(H,45,48)/t27-,29+,38+/m1/s1. The molecule has 0 unspecified atom stereocenters. The van der Waals surface area contributed by atoms with Gasteiger partial charge in [0.25, 0.3) is 5.91 Å². The number of aromatic nitrogens is 1. The lowest BCUT2D eigenvalue weighted by atomic mass is 9.99. The Hall–Kier alpha value is -4.66. The average molecular weight is 749 g/mol. The molecule has 1 fully saturated rings. The highest BCUT2D eigenvalue weighted by molar-refractivity contribution is 8.01. The number of fused-ring (bicyclic) bond motifs is 1. The van der Waals surface area contributed by atoms with Crippen molar-refractivity contribution in [3.05, 3.63) is 154 Å². The first-order chi connectivity index (χ1) is 25.2. The van der Waals surface area contributed by atoms with Gasteiger partial charge in [0.1, 0.15) is 5.56 Å². The van der Waals surface area contributed by atoms with Gasteiger partial charge >= 0.3 is 0 Å². The molecule has 0 bridgehead atoms. The minimum Gasteiger partial charge on any atom is -0.392 e. The zero-order valence-corrected chi connectivity index (χ0v) is 28.8. The number of rotatable bonds is 10. The summed E-state index contributed by atoms with van der Waals surface area (Å²) in [5.41, 5.74) is 4.08. The van der Waals surface area contributed by atoms with Gasteiger partial charge in [-0.25, -0.2) is 26.9 Å². The van der Waals surface area contributed by atoms with Crippen LogP contribution in [0.1, 0.15) is 51.4 Å². The Bertz CT molecular complexity index is 2170. The van der Waals surface area contributed by atoms with E-state index in [0.29, 0.717) is 17.7 Å². The topological polar surface area (TPSA) is 80.7 Å². The number of nitrogens with zero attached hydrogens (tertiary/aromatic N) is 1. The van der Waals surface area contributed by atoms with Gasteiger partial charge in [-0.15, -0.1) is 11.3 Å². The van der Waals surface area contributed by atoms with E-state index in [2.05, 4.69) is 11.4 Å². The molecule has 52 heavy (non-hydrogen) atoms. The molecule has 1 aliphatic heterocycles. The normalized spacial score (nSPS) is 17.4. The molecule has 1 saturated heterocycles. The molecule has 3 atom stereocenters. The van der Waals surface area contributed by atoms with Crippen molar-refractivity contribution in [2.24, 2.45) is 0 Å². The molecule has 6 nitrogen and oxygen atoms in total. The van der Waals surface area contributed by atoms with Crippen LogP contribution < -0.4 is 5.32 Å². The lowest BCUT2D eigenvalue weighted by Gasteiger charge is -2.36. The number of para-hydroxylation sites is 1. The number of aliphatic hydroxyl groups excluding tert-OH is 1. The fraction of sp³-hybridized carbons (Fsp3) is 0.179. The number of hydrogen-bond acceptors (Lipinski definition) is 7. The molecule has 0 aliphatic carbocycles. The van der Waals surface area contributed by atoms with E-state index in [1.54, 1.807) is 41.3 Å². The lowest BCUT2D eigenvalue weighted by molar-refractivity contribution is -0.245. The summed E-state index contributed by atoms with van der Waals surface area (Å²) in [5.74, 6) is -11.9. The van der Waals surface area contributed by atoms with Crippen molar-refractivity contribution in [2.75, 3.05) is 5.75 Å². The fourth-order valence-corrected chi connectivity index (χ4v) is 7.98. The maximum atomic E-state index is 14.1. The molecule has 2 heterocycles. The number of thiazole rings is 1. The lowest BCUT2D eigenvalue weighted by Crippen LogP contribution is -2.31. The van der Waals surface area contributed by atoms with Gasteiger partial charge in [0, 0.05) is 24.3 Å². The van der Waals surface area contributed by atoms with E-state index in [4.69, 9.17) is 14.5 Å². The molecule has 0 spiro atoms. The molecule has 7 rings (SSSR count). The highest BCUT2D eigenvalue weighted by atomic mass is 32.2. The largest absolute Gasteiger partial charge is 0.392 e. The Labute approximate surface area is 303 Å². The third kappa shape index (κ3) is 7.59. The third-order valence-electron chi connectivity index (χ3n) is 8.62. The van der Waals surface area contributed by atoms with E-state index < -0.39 is 46.8 Å². The quantitative estimate of drug-likeness (QED) is 0.0629. The van der Waals surface area contributed by atoms with Gasteiger partial charge in [0.2, 0.25) is 5.82 Å². The number of carbonyl (C=O) groups is 1. The Kier molecular flexibility index (Phi) is 10.7. The van der Waals surface area contributed by atoms with Gasteiger partial charge in [-0.1, -0.05) is 90.6 Å². The maximum absolute atomic E-state index is 14.1. The molecule has 13 heteroatoms. The summed E-state index contributed by atoms with van der Waals surface area (Å²) < 4.78 is 84.0. The molecule has 2 N–H and O–H groups in total. The Morgan fingerprint density at radius 2 is 1.48 bits per heavy atom. The first-order valence-corrected chi connectivity index (χ1v) is 18.0. The molecule has 0 radical (unpaired) electrons. The maximum Gasteiger partial charge on any atom is 0.257 e. The van der Waals surface area contributed by atoms with Crippen LogP contribution >= 0.6 is 23.1 Å². The third-order valence-corrected chi connectivity index (χ3v) is 10.9. The number of thioether (sulfide) groups is 1. The van der Waals surface area contributed by atoms with Crippen LogP contribution in [0, 0.1) is 29.1 Å². The number of amides is 1. The second kappa shape index (κ2) is 15.5. The van der Waals surface area contributed by atoms with Crippen molar-refractivity contribution in [1.29, 1.82) is 0 Å². The van der Waals surface area contributed by atoms with Gasteiger partial charge in [-0.3, -0.25) is 4.79 Å². The van der Waals surface area contributed by atoms with Crippen LogP contribution in [0.3, 0.4) is 0 Å². The summed E-state index contributed by atoms with van der Waals surface area (Å²) in [7, 11) is 0. The van der Waals surface area contributed by atoms with Crippen LogP contribution in [-0.4, -0.2) is 27.9 Å². The van der Waals surface area contributed by atoms with Crippen molar-refractivity contribution in [3.8, 4) is 11.1 Å². The van der Waals surface area contributed by atoms with Crippen molar-refractivity contribution in [1.82, 2.24) is 10.3 Å². The molecular formula is C39H29F5N2O4S2. The second-order valence-electron chi connectivity index (χ2n) is 12.1. The summed E-state index contributed by atoms with van der Waals surface area (Å²) in [5, 5.41) is 11.8. The zero-order valence-electron chi connectivity index (χ0n) is 27.1. The molecule has 1 amide bonds. The van der Waals surface area contributed by atoms with Gasteiger partial charge in [-0.2, -0.15) is 0 Å². The monoisotopic (exact) mass is 748 g/mol. The number of hydrogen-bond donors (Lipinski definition) is 2. The van der Waals surface area contributed by atoms with Crippen LogP contribution in [0.4, 0.5) is 22.0 Å². The Balaban J connectivity index is 1.06. The van der Waals surface area contributed by atoms with Gasteiger partial charge in [0.15, 0.2) is 33.9 Å².